The number of nitrogen functional groups attached to an aromatic ring is 2. The minimum Gasteiger partial charge on any atom is -0.481 e. The number of carboxylic acids is 1. The van der Waals surface area contributed by atoms with E-state index in [2.05, 4.69) is 4.98 Å². The number of hydrogen-bond donors (Lipinski definition) is 4. The number of amidine groups is 1. The summed E-state index contributed by atoms with van der Waals surface area (Å²) in [5.74, 6) is 0.0843. The maximum atomic E-state index is 11.0. The van der Waals surface area contributed by atoms with E-state index in [4.69, 9.17) is 26.7 Å². The first kappa shape index (κ1) is 17.9. The number of nitrogens with two attached hydrogens (primary N) is 2. The number of pyridine rings is 1. The van der Waals surface area contributed by atoms with Crippen molar-refractivity contribution in [2.75, 3.05) is 5.73 Å². The zero-order chi connectivity index (χ0) is 19.4. The van der Waals surface area contributed by atoms with Crippen molar-refractivity contribution in [3.05, 3.63) is 71.9 Å². The third-order valence-corrected chi connectivity index (χ3v) is 3.81. The molecule has 7 nitrogen and oxygen atoms in total. The van der Waals surface area contributed by atoms with Crippen molar-refractivity contribution in [3.8, 4) is 22.8 Å². The van der Waals surface area contributed by atoms with E-state index in [0.717, 1.165) is 0 Å². The standard InChI is InChI=1S/C20H18N4O3/c21-16-10-13(11-17(25)26)24-19(18(16)20(22)23)12-6-8-15(9-7-12)27-14-4-2-1-3-5-14/h1-10H,11H2,(H2,21,24)(H3,22,23)(H,25,26). The molecular formula is C20H18N4O3. The van der Waals surface area contributed by atoms with Crippen molar-refractivity contribution >= 4 is 17.5 Å². The third-order valence-electron chi connectivity index (χ3n) is 3.81. The fourth-order valence-electron chi connectivity index (χ4n) is 2.66. The van der Waals surface area contributed by atoms with Crippen LogP contribution in [0.15, 0.2) is 60.7 Å². The summed E-state index contributed by atoms with van der Waals surface area (Å²) in [4.78, 5) is 15.4. The topological polar surface area (TPSA) is 135 Å². The molecule has 7 heteroatoms. The van der Waals surface area contributed by atoms with Crippen molar-refractivity contribution < 1.29 is 14.6 Å². The summed E-state index contributed by atoms with van der Waals surface area (Å²) in [5.41, 5.74) is 13.5. The van der Waals surface area contributed by atoms with Crippen LogP contribution in [0.2, 0.25) is 0 Å². The lowest BCUT2D eigenvalue weighted by Gasteiger charge is -2.13. The van der Waals surface area contributed by atoms with E-state index in [9.17, 15) is 4.79 Å². The third kappa shape index (κ3) is 4.21. The van der Waals surface area contributed by atoms with Crippen LogP contribution in [0.25, 0.3) is 11.3 Å². The lowest BCUT2D eigenvalue weighted by Crippen LogP contribution is -2.17. The number of anilines is 1. The van der Waals surface area contributed by atoms with Gasteiger partial charge in [-0.2, -0.15) is 0 Å². The van der Waals surface area contributed by atoms with Crippen LogP contribution in [0.1, 0.15) is 11.3 Å². The zero-order valence-electron chi connectivity index (χ0n) is 14.3. The average molecular weight is 362 g/mol. The van der Waals surface area contributed by atoms with Crippen molar-refractivity contribution in [2.24, 2.45) is 5.73 Å². The van der Waals surface area contributed by atoms with Gasteiger partial charge in [-0.3, -0.25) is 15.2 Å². The van der Waals surface area contributed by atoms with Crippen molar-refractivity contribution in [2.45, 2.75) is 6.42 Å². The first-order valence-corrected chi connectivity index (χ1v) is 8.13. The van der Waals surface area contributed by atoms with Gasteiger partial charge >= 0.3 is 5.97 Å². The number of carbonyl (C=O) groups is 1. The second-order valence-corrected chi connectivity index (χ2v) is 5.85. The van der Waals surface area contributed by atoms with E-state index < -0.39 is 5.97 Å². The van der Waals surface area contributed by atoms with Crippen LogP contribution < -0.4 is 16.2 Å². The summed E-state index contributed by atoms with van der Waals surface area (Å²) in [5, 5.41) is 16.8. The van der Waals surface area contributed by atoms with Gasteiger partial charge in [0.15, 0.2) is 0 Å². The molecule has 3 rings (SSSR count). The Morgan fingerprint density at radius 2 is 1.70 bits per heavy atom. The lowest BCUT2D eigenvalue weighted by molar-refractivity contribution is -0.136. The highest BCUT2D eigenvalue weighted by atomic mass is 16.5. The summed E-state index contributed by atoms with van der Waals surface area (Å²) in [6.07, 6.45) is -0.273. The van der Waals surface area contributed by atoms with E-state index in [1.54, 1.807) is 24.3 Å². The van der Waals surface area contributed by atoms with E-state index >= 15 is 0 Å². The zero-order valence-corrected chi connectivity index (χ0v) is 14.3. The van der Waals surface area contributed by atoms with E-state index in [0.29, 0.717) is 28.5 Å². The lowest BCUT2D eigenvalue weighted by atomic mass is 10.0. The van der Waals surface area contributed by atoms with Crippen LogP contribution in [0.4, 0.5) is 5.69 Å². The molecule has 0 aliphatic carbocycles. The number of aromatic nitrogens is 1. The highest BCUT2D eigenvalue weighted by Gasteiger charge is 2.16. The monoisotopic (exact) mass is 362 g/mol. The Labute approximate surface area is 155 Å². The number of para-hydroxylation sites is 1. The molecule has 0 unspecified atom stereocenters. The summed E-state index contributed by atoms with van der Waals surface area (Å²) >= 11 is 0. The van der Waals surface area contributed by atoms with Crippen LogP contribution in [0.5, 0.6) is 11.5 Å². The van der Waals surface area contributed by atoms with Gasteiger partial charge in [-0.1, -0.05) is 18.2 Å². The summed E-state index contributed by atoms with van der Waals surface area (Å²) in [6, 6.07) is 17.8. The number of carboxylic acid groups (broad SMARTS) is 1. The molecule has 3 aromatic rings. The van der Waals surface area contributed by atoms with E-state index in [1.807, 2.05) is 30.3 Å². The van der Waals surface area contributed by atoms with Gasteiger partial charge in [0, 0.05) is 11.3 Å². The molecule has 27 heavy (non-hydrogen) atoms. The van der Waals surface area contributed by atoms with Crippen LogP contribution >= 0.6 is 0 Å². The number of aliphatic carboxylic acids is 1. The predicted octanol–water partition coefficient (Wildman–Crippen LogP) is 3.03. The molecule has 6 N–H and O–H groups in total. The molecule has 136 valence electrons. The maximum absolute atomic E-state index is 11.0. The molecule has 0 saturated heterocycles. The van der Waals surface area contributed by atoms with Gasteiger partial charge in [0.25, 0.3) is 0 Å². The molecule has 2 aromatic carbocycles. The Bertz CT molecular complexity index is 986. The van der Waals surface area contributed by atoms with Gasteiger partial charge in [-0.05, 0) is 42.5 Å². The molecular weight excluding hydrogens is 344 g/mol. The number of benzene rings is 2. The van der Waals surface area contributed by atoms with Crippen molar-refractivity contribution in [3.63, 3.8) is 0 Å². The minimum atomic E-state index is -1.02. The fraction of sp³-hybridized carbons (Fsp3) is 0.0500. The van der Waals surface area contributed by atoms with Gasteiger partial charge in [0.2, 0.25) is 0 Å². The minimum absolute atomic E-state index is 0.216. The molecule has 0 radical (unpaired) electrons. The van der Waals surface area contributed by atoms with Gasteiger partial charge in [0.05, 0.1) is 23.4 Å². The summed E-state index contributed by atoms with van der Waals surface area (Å²) in [7, 11) is 0. The van der Waals surface area contributed by atoms with Crippen molar-refractivity contribution in [1.82, 2.24) is 4.98 Å². The predicted molar refractivity (Wildman–Crippen MR) is 103 cm³/mol. The molecule has 0 bridgehead atoms. The second kappa shape index (κ2) is 7.57. The number of nitrogens with one attached hydrogen (secondary N) is 1. The van der Waals surface area contributed by atoms with Crippen molar-refractivity contribution in [1.29, 1.82) is 5.41 Å². The van der Waals surface area contributed by atoms with E-state index in [-0.39, 0.29) is 23.5 Å². The normalized spacial score (nSPS) is 10.4. The molecule has 0 fully saturated rings. The number of ether oxygens (including phenoxy) is 1. The molecule has 0 saturated carbocycles. The second-order valence-electron chi connectivity index (χ2n) is 5.85. The first-order chi connectivity index (χ1) is 12.9. The van der Waals surface area contributed by atoms with E-state index in [1.165, 1.54) is 6.07 Å². The molecule has 1 heterocycles. The van der Waals surface area contributed by atoms with Gasteiger partial charge in [-0.15, -0.1) is 0 Å². The maximum Gasteiger partial charge on any atom is 0.309 e. The number of hydrogen-bond acceptors (Lipinski definition) is 5. The SMILES string of the molecule is N=C(N)c1c(N)cc(CC(=O)O)nc1-c1ccc(Oc2ccccc2)cc1. The van der Waals surface area contributed by atoms with Crippen LogP contribution in [-0.2, 0) is 11.2 Å². The van der Waals surface area contributed by atoms with Gasteiger partial charge < -0.3 is 21.3 Å². The average Bonchev–Trinajstić information content (AvgIpc) is 2.62. The summed E-state index contributed by atoms with van der Waals surface area (Å²) in [6.45, 7) is 0. The van der Waals surface area contributed by atoms with Crippen LogP contribution in [0.3, 0.4) is 0 Å². The van der Waals surface area contributed by atoms with Crippen LogP contribution in [0, 0.1) is 5.41 Å². The number of rotatable bonds is 6. The molecule has 0 aliphatic rings. The summed E-state index contributed by atoms with van der Waals surface area (Å²) < 4.78 is 5.76. The Morgan fingerprint density at radius 3 is 2.30 bits per heavy atom. The molecule has 1 aromatic heterocycles. The Hall–Kier alpha value is -3.87. The highest BCUT2D eigenvalue weighted by Crippen LogP contribution is 2.29. The molecule has 0 amide bonds. The first-order valence-electron chi connectivity index (χ1n) is 8.13. The number of nitrogens with zero attached hydrogens (tertiary/aromatic N) is 1. The van der Waals surface area contributed by atoms with Crippen LogP contribution in [-0.4, -0.2) is 21.9 Å². The van der Waals surface area contributed by atoms with Gasteiger partial charge in [0.1, 0.15) is 17.3 Å². The highest BCUT2D eigenvalue weighted by molar-refractivity contribution is 6.05. The molecule has 0 atom stereocenters. The molecule has 0 aliphatic heterocycles. The Balaban J connectivity index is 1.98. The van der Waals surface area contributed by atoms with Gasteiger partial charge in [-0.25, -0.2) is 0 Å². The largest absolute Gasteiger partial charge is 0.481 e. The quantitative estimate of drug-likeness (QED) is 0.393. The Morgan fingerprint density at radius 1 is 1.07 bits per heavy atom. The fourth-order valence-corrected chi connectivity index (χ4v) is 2.66. The Kier molecular flexibility index (Phi) is 5.03. The smallest absolute Gasteiger partial charge is 0.309 e. The molecule has 0 spiro atoms.